The van der Waals surface area contributed by atoms with Crippen LogP contribution in [0.5, 0.6) is 11.5 Å². The Kier molecular flexibility index (Phi) is 5.07. The fraction of sp³-hybridized carbons (Fsp3) is 0.562. The maximum Gasteiger partial charge on any atom is 0.320 e. The normalized spacial score (nSPS) is 20.2. The fourth-order valence-electron chi connectivity index (χ4n) is 3.23. The number of carbonyl (C=O) groups is 1. The largest absolute Gasteiger partial charge is 0.493 e. The zero-order chi connectivity index (χ0) is 15.4. The molecule has 2 unspecified atom stereocenters. The van der Waals surface area contributed by atoms with E-state index in [2.05, 4.69) is 11.8 Å². The van der Waals surface area contributed by atoms with Crippen LogP contribution >= 0.6 is 0 Å². The summed E-state index contributed by atoms with van der Waals surface area (Å²) in [6, 6.07) is 5.38. The maximum absolute atomic E-state index is 11.4. The van der Waals surface area contributed by atoms with Crippen molar-refractivity contribution in [3.63, 3.8) is 0 Å². The van der Waals surface area contributed by atoms with Gasteiger partial charge in [-0.15, -0.1) is 0 Å². The van der Waals surface area contributed by atoms with Gasteiger partial charge in [-0.25, -0.2) is 0 Å². The Labute approximate surface area is 125 Å². The number of para-hydroxylation sites is 1. The van der Waals surface area contributed by atoms with E-state index in [1.807, 2.05) is 18.2 Å². The van der Waals surface area contributed by atoms with E-state index in [0.717, 1.165) is 24.9 Å². The van der Waals surface area contributed by atoms with Crippen LogP contribution in [0.25, 0.3) is 0 Å². The molecule has 2 atom stereocenters. The third-order valence-corrected chi connectivity index (χ3v) is 4.16. The van der Waals surface area contributed by atoms with E-state index < -0.39 is 12.0 Å². The molecule has 2 rings (SSSR count). The average Bonchev–Trinajstić information content (AvgIpc) is 2.97. The standard InChI is InChI=1S/C16H23NO4/c1-4-12(17-10-6-8-13(17)16(18)19)11-7-5-9-14(20-2)15(11)21-3/h5,7,9,12-13H,4,6,8,10H2,1-3H3,(H,18,19). The first-order valence-electron chi connectivity index (χ1n) is 7.33. The van der Waals surface area contributed by atoms with Gasteiger partial charge in [0.2, 0.25) is 0 Å². The molecular weight excluding hydrogens is 270 g/mol. The van der Waals surface area contributed by atoms with E-state index in [-0.39, 0.29) is 6.04 Å². The lowest BCUT2D eigenvalue weighted by molar-refractivity contribution is -0.143. The average molecular weight is 293 g/mol. The molecule has 1 saturated heterocycles. The lowest BCUT2D eigenvalue weighted by Crippen LogP contribution is -2.38. The lowest BCUT2D eigenvalue weighted by Gasteiger charge is -2.32. The van der Waals surface area contributed by atoms with Crippen molar-refractivity contribution in [2.75, 3.05) is 20.8 Å². The third-order valence-electron chi connectivity index (χ3n) is 4.16. The molecule has 1 aromatic rings. The van der Waals surface area contributed by atoms with Gasteiger partial charge in [-0.1, -0.05) is 19.1 Å². The first-order chi connectivity index (χ1) is 10.1. The van der Waals surface area contributed by atoms with E-state index >= 15 is 0 Å². The van der Waals surface area contributed by atoms with Gasteiger partial charge >= 0.3 is 5.97 Å². The van der Waals surface area contributed by atoms with E-state index in [4.69, 9.17) is 9.47 Å². The molecule has 1 aromatic carbocycles. The van der Waals surface area contributed by atoms with Crippen molar-refractivity contribution in [1.29, 1.82) is 0 Å². The number of benzene rings is 1. The van der Waals surface area contributed by atoms with Gasteiger partial charge in [-0.2, -0.15) is 0 Å². The first kappa shape index (κ1) is 15.6. The Balaban J connectivity index is 2.39. The molecule has 1 aliphatic heterocycles. The molecule has 0 aliphatic carbocycles. The molecule has 1 aliphatic rings. The number of rotatable bonds is 6. The van der Waals surface area contributed by atoms with Crippen molar-refractivity contribution in [3.05, 3.63) is 23.8 Å². The number of aliphatic carboxylic acids is 1. The van der Waals surface area contributed by atoms with Crippen LogP contribution in [0.4, 0.5) is 0 Å². The van der Waals surface area contributed by atoms with Gasteiger partial charge in [0.1, 0.15) is 6.04 Å². The van der Waals surface area contributed by atoms with Gasteiger partial charge in [0.15, 0.2) is 11.5 Å². The number of carboxylic acids is 1. The number of hydrogen-bond donors (Lipinski definition) is 1. The zero-order valence-corrected chi connectivity index (χ0v) is 12.8. The molecule has 0 saturated carbocycles. The van der Waals surface area contributed by atoms with Gasteiger partial charge in [0.25, 0.3) is 0 Å². The first-order valence-corrected chi connectivity index (χ1v) is 7.33. The Hall–Kier alpha value is -1.75. The number of nitrogens with zero attached hydrogens (tertiary/aromatic N) is 1. The summed E-state index contributed by atoms with van der Waals surface area (Å²) in [5.41, 5.74) is 0.993. The topological polar surface area (TPSA) is 59.0 Å². The van der Waals surface area contributed by atoms with Gasteiger partial charge in [0.05, 0.1) is 14.2 Å². The molecule has 116 valence electrons. The Morgan fingerprint density at radius 2 is 2.19 bits per heavy atom. The zero-order valence-electron chi connectivity index (χ0n) is 12.8. The number of likely N-dealkylation sites (tertiary alicyclic amines) is 1. The van der Waals surface area contributed by atoms with E-state index in [1.165, 1.54) is 0 Å². The third kappa shape index (κ3) is 2.97. The van der Waals surface area contributed by atoms with Crippen molar-refractivity contribution >= 4 is 5.97 Å². The summed E-state index contributed by atoms with van der Waals surface area (Å²) in [4.78, 5) is 13.5. The highest BCUT2D eigenvalue weighted by Crippen LogP contribution is 2.40. The van der Waals surface area contributed by atoms with Crippen LogP contribution in [0.2, 0.25) is 0 Å². The highest BCUT2D eigenvalue weighted by Gasteiger charge is 2.36. The van der Waals surface area contributed by atoms with E-state index in [0.29, 0.717) is 17.9 Å². The summed E-state index contributed by atoms with van der Waals surface area (Å²) >= 11 is 0. The minimum Gasteiger partial charge on any atom is -0.493 e. The van der Waals surface area contributed by atoms with Gasteiger partial charge in [-0.05, 0) is 31.9 Å². The smallest absolute Gasteiger partial charge is 0.320 e. The van der Waals surface area contributed by atoms with E-state index in [1.54, 1.807) is 14.2 Å². The molecule has 5 nitrogen and oxygen atoms in total. The van der Waals surface area contributed by atoms with Crippen LogP contribution in [-0.4, -0.2) is 42.8 Å². The second-order valence-electron chi connectivity index (χ2n) is 5.24. The minimum atomic E-state index is -0.743. The predicted molar refractivity (Wildman–Crippen MR) is 79.9 cm³/mol. The number of methoxy groups -OCH3 is 2. The molecule has 1 fully saturated rings. The van der Waals surface area contributed by atoms with E-state index in [9.17, 15) is 9.90 Å². The van der Waals surface area contributed by atoms with Crippen LogP contribution in [0, 0.1) is 0 Å². The highest BCUT2D eigenvalue weighted by atomic mass is 16.5. The minimum absolute atomic E-state index is 0.0265. The molecule has 5 heteroatoms. The molecular formula is C16H23NO4. The molecule has 21 heavy (non-hydrogen) atoms. The SMILES string of the molecule is CCC(c1cccc(OC)c1OC)N1CCCC1C(=O)O. The molecule has 1 heterocycles. The number of hydrogen-bond acceptors (Lipinski definition) is 4. The number of ether oxygens (including phenoxy) is 2. The second-order valence-corrected chi connectivity index (χ2v) is 5.24. The summed E-state index contributed by atoms with van der Waals surface area (Å²) in [6.07, 6.45) is 2.45. The summed E-state index contributed by atoms with van der Waals surface area (Å²) in [6.45, 7) is 2.87. The maximum atomic E-state index is 11.4. The number of carboxylic acid groups (broad SMARTS) is 1. The monoisotopic (exact) mass is 293 g/mol. The fourth-order valence-corrected chi connectivity index (χ4v) is 3.23. The van der Waals surface area contributed by atoms with Crippen molar-refractivity contribution in [3.8, 4) is 11.5 Å². The molecule has 0 radical (unpaired) electrons. The lowest BCUT2D eigenvalue weighted by atomic mass is 10.00. The van der Waals surface area contributed by atoms with Crippen molar-refractivity contribution in [2.24, 2.45) is 0 Å². The van der Waals surface area contributed by atoms with Crippen LogP contribution in [-0.2, 0) is 4.79 Å². The summed E-state index contributed by atoms with van der Waals surface area (Å²) in [5, 5.41) is 9.40. The predicted octanol–water partition coefficient (Wildman–Crippen LogP) is 2.70. The van der Waals surface area contributed by atoms with Crippen LogP contribution in [0.15, 0.2) is 18.2 Å². The van der Waals surface area contributed by atoms with Crippen LogP contribution < -0.4 is 9.47 Å². The van der Waals surface area contributed by atoms with Crippen LogP contribution in [0.3, 0.4) is 0 Å². The molecule has 0 bridgehead atoms. The Morgan fingerprint density at radius 1 is 1.43 bits per heavy atom. The Bertz CT molecular complexity index is 503. The quantitative estimate of drug-likeness (QED) is 0.874. The highest BCUT2D eigenvalue weighted by molar-refractivity contribution is 5.74. The van der Waals surface area contributed by atoms with Gasteiger partial charge in [0, 0.05) is 11.6 Å². The van der Waals surface area contributed by atoms with Crippen LogP contribution in [0.1, 0.15) is 37.8 Å². The van der Waals surface area contributed by atoms with Gasteiger partial charge in [-0.3, -0.25) is 9.69 Å². The molecule has 0 aromatic heterocycles. The van der Waals surface area contributed by atoms with Crippen molar-refractivity contribution < 1.29 is 19.4 Å². The second kappa shape index (κ2) is 6.80. The van der Waals surface area contributed by atoms with Crippen molar-refractivity contribution in [1.82, 2.24) is 4.90 Å². The van der Waals surface area contributed by atoms with Gasteiger partial charge < -0.3 is 14.6 Å². The Morgan fingerprint density at radius 3 is 2.76 bits per heavy atom. The summed E-state index contributed by atoms with van der Waals surface area (Å²) in [7, 11) is 3.23. The molecule has 0 amide bonds. The van der Waals surface area contributed by atoms with Crippen molar-refractivity contribution in [2.45, 2.75) is 38.3 Å². The summed E-state index contributed by atoms with van der Waals surface area (Å²) in [5.74, 6) is 0.634. The summed E-state index contributed by atoms with van der Waals surface area (Å²) < 4.78 is 10.9. The molecule has 1 N–H and O–H groups in total. The molecule has 0 spiro atoms.